The lowest BCUT2D eigenvalue weighted by atomic mass is 10.0. The second-order valence-corrected chi connectivity index (χ2v) is 8.17. The molecule has 3 amide bonds. The quantitative estimate of drug-likeness (QED) is 0.185. The molecule has 172 valence electrons. The number of thioether (sulfide) groups is 1. The highest BCUT2D eigenvalue weighted by molar-refractivity contribution is 7.98. The molecule has 3 atom stereocenters. The summed E-state index contributed by atoms with van der Waals surface area (Å²) < 4.78 is 0. The topological polar surface area (TPSA) is 188 Å². The summed E-state index contributed by atoms with van der Waals surface area (Å²) in [7, 11) is 0. The normalized spacial score (nSPS) is 13.8. The van der Waals surface area contributed by atoms with Gasteiger partial charge in [-0.3, -0.25) is 24.0 Å². The Morgan fingerprint density at radius 1 is 0.900 bits per heavy atom. The van der Waals surface area contributed by atoms with Gasteiger partial charge in [0.2, 0.25) is 17.7 Å². The van der Waals surface area contributed by atoms with Crippen LogP contribution in [0.1, 0.15) is 39.5 Å². The summed E-state index contributed by atoms with van der Waals surface area (Å²) >= 11 is 1.46. The minimum atomic E-state index is -1.21. The lowest BCUT2D eigenvalue weighted by Gasteiger charge is -2.25. The maximum absolute atomic E-state index is 12.8. The Balaban J connectivity index is 5.16. The summed E-state index contributed by atoms with van der Waals surface area (Å²) in [6.07, 6.45) is 2.02. The monoisotopic (exact) mass is 448 g/mol. The fourth-order valence-electron chi connectivity index (χ4n) is 2.45. The Bertz CT molecular complexity index is 615. The maximum atomic E-state index is 12.8. The first-order valence-electron chi connectivity index (χ1n) is 9.54. The Kier molecular flexibility index (Phi) is 13.5. The highest BCUT2D eigenvalue weighted by atomic mass is 32.2. The fourth-order valence-corrected chi connectivity index (χ4v) is 2.93. The second-order valence-electron chi connectivity index (χ2n) is 7.18. The fraction of sp³-hybridized carbons (Fsp3) is 0.722. The molecule has 0 saturated heterocycles. The van der Waals surface area contributed by atoms with Gasteiger partial charge in [0.15, 0.2) is 0 Å². The van der Waals surface area contributed by atoms with E-state index in [2.05, 4.69) is 16.0 Å². The summed E-state index contributed by atoms with van der Waals surface area (Å²) in [6, 6.07) is -3.02. The predicted molar refractivity (Wildman–Crippen MR) is 112 cm³/mol. The van der Waals surface area contributed by atoms with E-state index >= 15 is 0 Å². The van der Waals surface area contributed by atoms with Gasteiger partial charge in [-0.2, -0.15) is 11.8 Å². The van der Waals surface area contributed by atoms with E-state index in [1.165, 1.54) is 11.8 Å². The molecule has 12 heteroatoms. The van der Waals surface area contributed by atoms with Crippen LogP contribution in [0, 0.1) is 5.92 Å². The predicted octanol–water partition coefficient (Wildman–Crippen LogP) is -0.852. The molecule has 0 radical (unpaired) electrons. The van der Waals surface area contributed by atoms with Crippen LogP contribution in [0.4, 0.5) is 0 Å². The SMILES string of the molecule is CSCCC(NC(=O)C(CC(C)C)NC(=O)C(N)CCC(=O)O)C(=O)NCC(=O)O. The van der Waals surface area contributed by atoms with Crippen LogP contribution < -0.4 is 21.7 Å². The Morgan fingerprint density at radius 2 is 1.50 bits per heavy atom. The molecule has 11 nitrogen and oxygen atoms in total. The van der Waals surface area contributed by atoms with Gasteiger partial charge in [0, 0.05) is 6.42 Å². The van der Waals surface area contributed by atoms with E-state index in [0.717, 1.165) is 0 Å². The number of nitrogens with two attached hydrogens (primary N) is 1. The van der Waals surface area contributed by atoms with Gasteiger partial charge < -0.3 is 31.9 Å². The molecule has 0 aliphatic carbocycles. The molecule has 30 heavy (non-hydrogen) atoms. The van der Waals surface area contributed by atoms with Crippen LogP contribution >= 0.6 is 11.8 Å². The molecular weight excluding hydrogens is 416 g/mol. The summed E-state index contributed by atoms with van der Waals surface area (Å²) in [5, 5.41) is 24.7. The van der Waals surface area contributed by atoms with Crippen molar-refractivity contribution in [3.8, 4) is 0 Å². The van der Waals surface area contributed by atoms with E-state index in [1.807, 2.05) is 20.1 Å². The second kappa shape index (κ2) is 14.6. The summed E-state index contributed by atoms with van der Waals surface area (Å²) in [5.41, 5.74) is 5.70. The number of carbonyl (C=O) groups excluding carboxylic acids is 3. The van der Waals surface area contributed by atoms with Crippen molar-refractivity contribution in [3.05, 3.63) is 0 Å². The van der Waals surface area contributed by atoms with E-state index in [0.29, 0.717) is 5.75 Å². The molecule has 3 unspecified atom stereocenters. The van der Waals surface area contributed by atoms with Gasteiger partial charge in [-0.25, -0.2) is 0 Å². The van der Waals surface area contributed by atoms with Gasteiger partial charge in [-0.15, -0.1) is 0 Å². The maximum Gasteiger partial charge on any atom is 0.322 e. The molecule has 0 fully saturated rings. The molecule has 0 aliphatic rings. The van der Waals surface area contributed by atoms with Crippen molar-refractivity contribution in [2.45, 2.75) is 57.7 Å². The first-order chi connectivity index (χ1) is 14.0. The summed E-state index contributed by atoms with van der Waals surface area (Å²) in [5.74, 6) is -3.61. The van der Waals surface area contributed by atoms with Crippen LogP contribution in [-0.4, -0.2) is 76.6 Å². The molecule has 7 N–H and O–H groups in total. The number of carboxylic acid groups (broad SMARTS) is 2. The van der Waals surface area contributed by atoms with Crippen LogP contribution in [-0.2, 0) is 24.0 Å². The number of hydrogen-bond acceptors (Lipinski definition) is 7. The largest absolute Gasteiger partial charge is 0.481 e. The van der Waals surface area contributed by atoms with E-state index in [4.69, 9.17) is 15.9 Å². The third-order valence-electron chi connectivity index (χ3n) is 4.00. The number of carboxylic acids is 2. The standard InChI is InChI=1S/C18H32N4O7S/c1-10(2)8-13(22-16(27)11(19)4-5-14(23)24)18(29)21-12(6-7-30-3)17(28)20-9-15(25)26/h10-13H,4-9,19H2,1-3H3,(H,20,28)(H,21,29)(H,22,27)(H,23,24)(H,25,26). The first kappa shape index (κ1) is 27.7. The van der Waals surface area contributed by atoms with Gasteiger partial charge in [0.1, 0.15) is 18.6 Å². The van der Waals surface area contributed by atoms with Crippen LogP contribution in [0.15, 0.2) is 0 Å². The van der Waals surface area contributed by atoms with E-state index in [9.17, 15) is 24.0 Å². The molecule has 0 bridgehead atoms. The molecule has 0 aromatic carbocycles. The van der Waals surface area contributed by atoms with Crippen molar-refractivity contribution in [2.75, 3.05) is 18.6 Å². The zero-order chi connectivity index (χ0) is 23.3. The van der Waals surface area contributed by atoms with Crippen molar-refractivity contribution < 1.29 is 34.2 Å². The van der Waals surface area contributed by atoms with Gasteiger partial charge in [-0.1, -0.05) is 13.8 Å². The third kappa shape index (κ3) is 12.3. The smallest absolute Gasteiger partial charge is 0.322 e. The Hall–Kier alpha value is -2.34. The van der Waals surface area contributed by atoms with Gasteiger partial charge >= 0.3 is 11.9 Å². The summed E-state index contributed by atoms with van der Waals surface area (Å²) in [4.78, 5) is 58.6. The zero-order valence-electron chi connectivity index (χ0n) is 17.5. The lowest BCUT2D eigenvalue weighted by molar-refractivity contribution is -0.139. The number of nitrogens with one attached hydrogen (secondary N) is 3. The zero-order valence-corrected chi connectivity index (χ0v) is 18.3. The Labute approximate surface area is 179 Å². The first-order valence-corrected chi connectivity index (χ1v) is 10.9. The highest BCUT2D eigenvalue weighted by Gasteiger charge is 2.28. The third-order valence-corrected chi connectivity index (χ3v) is 4.65. The molecule has 0 rings (SSSR count). The summed E-state index contributed by atoms with van der Waals surface area (Å²) in [6.45, 7) is 3.12. The Morgan fingerprint density at radius 3 is 2.00 bits per heavy atom. The average Bonchev–Trinajstić information content (AvgIpc) is 2.65. The highest BCUT2D eigenvalue weighted by Crippen LogP contribution is 2.08. The molecule has 0 aromatic heterocycles. The molecular formula is C18H32N4O7S. The van der Waals surface area contributed by atoms with E-state index in [-0.39, 0.29) is 31.6 Å². The number of aliphatic carboxylic acids is 2. The number of amides is 3. The number of hydrogen-bond donors (Lipinski definition) is 6. The van der Waals surface area contributed by atoms with Gasteiger partial charge in [0.05, 0.1) is 6.04 Å². The van der Waals surface area contributed by atoms with Crippen LogP contribution in [0.25, 0.3) is 0 Å². The van der Waals surface area contributed by atoms with E-state index in [1.54, 1.807) is 0 Å². The minimum Gasteiger partial charge on any atom is -0.481 e. The van der Waals surface area contributed by atoms with Crippen molar-refractivity contribution in [2.24, 2.45) is 11.7 Å². The minimum absolute atomic E-state index is 0.0294. The van der Waals surface area contributed by atoms with Crippen LogP contribution in [0.5, 0.6) is 0 Å². The van der Waals surface area contributed by atoms with Crippen molar-refractivity contribution in [1.82, 2.24) is 16.0 Å². The van der Waals surface area contributed by atoms with Crippen LogP contribution in [0.2, 0.25) is 0 Å². The van der Waals surface area contributed by atoms with Crippen LogP contribution in [0.3, 0.4) is 0 Å². The van der Waals surface area contributed by atoms with Gasteiger partial charge in [-0.05, 0) is 37.2 Å². The van der Waals surface area contributed by atoms with E-state index < -0.39 is 54.3 Å². The van der Waals surface area contributed by atoms with Crippen molar-refractivity contribution in [3.63, 3.8) is 0 Å². The molecule has 0 heterocycles. The molecule has 0 aromatic rings. The van der Waals surface area contributed by atoms with Crippen molar-refractivity contribution >= 4 is 41.4 Å². The molecule has 0 saturated carbocycles. The molecule has 0 spiro atoms. The molecule has 0 aliphatic heterocycles. The van der Waals surface area contributed by atoms with Gasteiger partial charge in [0.25, 0.3) is 0 Å². The number of carbonyl (C=O) groups is 5. The lowest BCUT2D eigenvalue weighted by Crippen LogP contribution is -2.56. The van der Waals surface area contributed by atoms with Crippen molar-refractivity contribution in [1.29, 1.82) is 0 Å². The average molecular weight is 449 g/mol. The number of rotatable bonds is 15.